The van der Waals surface area contributed by atoms with Gasteiger partial charge in [0.25, 0.3) is 0 Å². The average molecular weight is 344 g/mol. The van der Waals surface area contributed by atoms with Crippen molar-refractivity contribution in [1.29, 1.82) is 0 Å². The summed E-state index contributed by atoms with van der Waals surface area (Å²) in [4.78, 5) is 0. The molecule has 0 unspecified atom stereocenters. The normalized spacial score (nSPS) is 12.4. The Kier molecular flexibility index (Phi) is 6.18. The van der Waals surface area contributed by atoms with Gasteiger partial charge in [-0.05, 0) is 55.2 Å². The van der Waals surface area contributed by atoms with Gasteiger partial charge in [-0.15, -0.1) is 0 Å². The van der Waals surface area contributed by atoms with E-state index in [1.54, 1.807) is 12.1 Å². The second-order valence-corrected chi connectivity index (χ2v) is 6.13. The maximum absolute atomic E-state index is 13.1. The molecule has 0 amide bonds. The van der Waals surface area contributed by atoms with Crippen LogP contribution in [0, 0.1) is 11.6 Å². The number of nitrogens with one attached hydrogen (secondary N) is 1. The number of halogens is 4. The van der Waals surface area contributed by atoms with E-state index in [2.05, 4.69) is 12.2 Å². The third kappa shape index (κ3) is 4.94. The third-order valence-electron chi connectivity index (χ3n) is 3.49. The van der Waals surface area contributed by atoms with Gasteiger partial charge in [0, 0.05) is 12.6 Å². The molecule has 1 N–H and O–H groups in total. The van der Waals surface area contributed by atoms with E-state index in [9.17, 15) is 8.78 Å². The van der Waals surface area contributed by atoms with Gasteiger partial charge < -0.3 is 5.32 Å². The van der Waals surface area contributed by atoms with Crippen molar-refractivity contribution < 1.29 is 8.78 Å². The average Bonchev–Trinajstić information content (AvgIpc) is 2.49. The van der Waals surface area contributed by atoms with E-state index < -0.39 is 11.6 Å². The van der Waals surface area contributed by atoms with Gasteiger partial charge in [-0.2, -0.15) is 0 Å². The standard InChI is InChI=1S/C17H17Cl2F2N/c1-11(2-3-12-4-6-14(18)15(19)8-12)22-10-13-5-7-16(20)17(21)9-13/h4-9,11,22H,2-3,10H2,1H3/t11-/m1/s1. The van der Waals surface area contributed by atoms with Crippen molar-refractivity contribution >= 4 is 23.2 Å². The Bertz CT molecular complexity index is 591. The van der Waals surface area contributed by atoms with Crippen molar-refractivity contribution in [3.8, 4) is 0 Å². The molecule has 0 spiro atoms. The van der Waals surface area contributed by atoms with Crippen LogP contribution >= 0.6 is 23.2 Å². The summed E-state index contributed by atoms with van der Waals surface area (Å²) in [5.41, 5.74) is 1.84. The SMILES string of the molecule is C[C@H](CCc1ccc(Cl)c(Cl)c1)NCc1ccc(F)c(F)c1. The maximum atomic E-state index is 13.1. The summed E-state index contributed by atoms with van der Waals surface area (Å²) in [5, 5.41) is 4.40. The molecule has 0 aliphatic rings. The molecule has 0 fully saturated rings. The lowest BCUT2D eigenvalue weighted by Crippen LogP contribution is -2.26. The van der Waals surface area contributed by atoms with Crippen molar-refractivity contribution in [1.82, 2.24) is 5.32 Å². The summed E-state index contributed by atoms with van der Waals surface area (Å²) in [5.74, 6) is -1.64. The van der Waals surface area contributed by atoms with Crippen molar-refractivity contribution in [2.75, 3.05) is 0 Å². The van der Waals surface area contributed by atoms with Gasteiger partial charge in [-0.1, -0.05) is 35.3 Å². The summed E-state index contributed by atoms with van der Waals surface area (Å²) in [6.07, 6.45) is 1.77. The Morgan fingerprint density at radius 3 is 2.36 bits per heavy atom. The molecule has 5 heteroatoms. The van der Waals surface area contributed by atoms with Crippen LogP contribution in [0.4, 0.5) is 8.78 Å². The lowest BCUT2D eigenvalue weighted by atomic mass is 10.1. The fourth-order valence-electron chi connectivity index (χ4n) is 2.12. The van der Waals surface area contributed by atoms with E-state index in [0.29, 0.717) is 16.6 Å². The molecule has 2 rings (SSSR count). The second-order valence-electron chi connectivity index (χ2n) is 5.32. The molecule has 0 heterocycles. The molecule has 0 radical (unpaired) electrons. The molecular formula is C17H17Cl2F2N. The zero-order chi connectivity index (χ0) is 16.1. The minimum Gasteiger partial charge on any atom is -0.310 e. The summed E-state index contributed by atoms with van der Waals surface area (Å²) in [6.45, 7) is 2.55. The molecule has 0 aliphatic carbocycles. The minimum absolute atomic E-state index is 0.238. The fraction of sp³-hybridized carbons (Fsp3) is 0.294. The fourth-order valence-corrected chi connectivity index (χ4v) is 2.44. The van der Waals surface area contributed by atoms with Gasteiger partial charge in [0.2, 0.25) is 0 Å². The monoisotopic (exact) mass is 343 g/mol. The highest BCUT2D eigenvalue weighted by Gasteiger charge is 2.06. The molecule has 0 aromatic heterocycles. The van der Waals surface area contributed by atoms with Crippen LogP contribution in [-0.2, 0) is 13.0 Å². The number of benzene rings is 2. The lowest BCUT2D eigenvalue weighted by Gasteiger charge is -2.14. The van der Waals surface area contributed by atoms with Crippen LogP contribution in [0.15, 0.2) is 36.4 Å². The van der Waals surface area contributed by atoms with Crippen LogP contribution in [-0.4, -0.2) is 6.04 Å². The molecule has 2 aromatic rings. The van der Waals surface area contributed by atoms with Crippen LogP contribution in [0.3, 0.4) is 0 Å². The molecular weight excluding hydrogens is 327 g/mol. The van der Waals surface area contributed by atoms with Crippen molar-refractivity contribution in [2.45, 2.75) is 32.4 Å². The lowest BCUT2D eigenvalue weighted by molar-refractivity contribution is 0.496. The Hall–Kier alpha value is -1.16. The first-order valence-corrected chi connectivity index (χ1v) is 7.82. The summed E-state index contributed by atoms with van der Waals surface area (Å²) in [6, 6.07) is 9.79. The van der Waals surface area contributed by atoms with Crippen molar-refractivity contribution in [2.24, 2.45) is 0 Å². The topological polar surface area (TPSA) is 12.0 Å². The molecule has 22 heavy (non-hydrogen) atoms. The summed E-state index contributed by atoms with van der Waals surface area (Å²) >= 11 is 11.9. The predicted molar refractivity (Wildman–Crippen MR) is 87.4 cm³/mol. The van der Waals surface area contributed by atoms with Gasteiger partial charge in [0.1, 0.15) is 0 Å². The first-order valence-electron chi connectivity index (χ1n) is 7.07. The van der Waals surface area contributed by atoms with Gasteiger partial charge >= 0.3 is 0 Å². The quantitative estimate of drug-likeness (QED) is 0.742. The van der Waals surface area contributed by atoms with Crippen molar-refractivity contribution in [3.05, 3.63) is 69.2 Å². The van der Waals surface area contributed by atoms with E-state index in [0.717, 1.165) is 30.0 Å². The number of aryl methyl sites for hydroxylation is 1. The zero-order valence-electron chi connectivity index (χ0n) is 12.2. The van der Waals surface area contributed by atoms with Crippen LogP contribution in [0.25, 0.3) is 0 Å². The Labute approximate surface area is 139 Å². The van der Waals surface area contributed by atoms with Gasteiger partial charge in [0.05, 0.1) is 10.0 Å². The zero-order valence-corrected chi connectivity index (χ0v) is 13.7. The van der Waals surface area contributed by atoms with Crippen LogP contribution in [0.5, 0.6) is 0 Å². The van der Waals surface area contributed by atoms with Crippen LogP contribution < -0.4 is 5.32 Å². The van der Waals surface area contributed by atoms with Crippen LogP contribution in [0.2, 0.25) is 10.0 Å². The number of hydrogen-bond acceptors (Lipinski definition) is 1. The Morgan fingerprint density at radius 2 is 1.68 bits per heavy atom. The molecule has 118 valence electrons. The Morgan fingerprint density at radius 1 is 0.955 bits per heavy atom. The molecule has 0 saturated carbocycles. The van der Waals surface area contributed by atoms with E-state index in [1.807, 2.05) is 12.1 Å². The van der Waals surface area contributed by atoms with E-state index in [1.165, 1.54) is 6.07 Å². The van der Waals surface area contributed by atoms with E-state index >= 15 is 0 Å². The van der Waals surface area contributed by atoms with Gasteiger partial charge in [-0.25, -0.2) is 8.78 Å². The van der Waals surface area contributed by atoms with Gasteiger partial charge in [0.15, 0.2) is 11.6 Å². The number of rotatable bonds is 6. The summed E-state index contributed by atoms with van der Waals surface area (Å²) in [7, 11) is 0. The van der Waals surface area contributed by atoms with E-state index in [-0.39, 0.29) is 6.04 Å². The van der Waals surface area contributed by atoms with Crippen molar-refractivity contribution in [3.63, 3.8) is 0 Å². The largest absolute Gasteiger partial charge is 0.310 e. The summed E-state index contributed by atoms with van der Waals surface area (Å²) < 4.78 is 26.0. The van der Waals surface area contributed by atoms with Gasteiger partial charge in [-0.3, -0.25) is 0 Å². The van der Waals surface area contributed by atoms with E-state index in [4.69, 9.17) is 23.2 Å². The molecule has 2 aromatic carbocycles. The maximum Gasteiger partial charge on any atom is 0.159 e. The molecule has 1 atom stereocenters. The smallest absolute Gasteiger partial charge is 0.159 e. The Balaban J connectivity index is 1.81. The number of hydrogen-bond donors (Lipinski definition) is 1. The van der Waals surface area contributed by atoms with Crippen LogP contribution in [0.1, 0.15) is 24.5 Å². The first kappa shape index (κ1) is 17.2. The molecule has 0 aliphatic heterocycles. The first-order chi connectivity index (χ1) is 10.5. The molecule has 0 saturated heterocycles. The second kappa shape index (κ2) is 7.91. The highest BCUT2D eigenvalue weighted by molar-refractivity contribution is 6.42. The highest BCUT2D eigenvalue weighted by Crippen LogP contribution is 2.23. The minimum atomic E-state index is -0.823. The predicted octanol–water partition coefficient (Wildman–Crippen LogP) is 5.38. The molecule has 0 bridgehead atoms. The molecule has 1 nitrogen and oxygen atoms in total. The highest BCUT2D eigenvalue weighted by atomic mass is 35.5. The third-order valence-corrected chi connectivity index (χ3v) is 4.23.